The van der Waals surface area contributed by atoms with Crippen LogP contribution in [-0.4, -0.2) is 17.0 Å². The fourth-order valence-corrected chi connectivity index (χ4v) is 2.90. The first-order valence-electron chi connectivity index (χ1n) is 8.64. The molecule has 0 aliphatic rings. The fraction of sp³-hybridized carbons (Fsp3) is 0.238. The van der Waals surface area contributed by atoms with Gasteiger partial charge in [0.05, 0.1) is 12.8 Å². The third-order valence-electron chi connectivity index (χ3n) is 4.16. The summed E-state index contributed by atoms with van der Waals surface area (Å²) in [4.78, 5) is 19.0. The van der Waals surface area contributed by atoms with Crippen molar-refractivity contribution in [2.75, 3.05) is 4.90 Å². The van der Waals surface area contributed by atoms with Crippen LogP contribution in [-0.2, 0) is 11.3 Å². The van der Waals surface area contributed by atoms with Crippen LogP contribution in [0.3, 0.4) is 0 Å². The van der Waals surface area contributed by atoms with Gasteiger partial charge in [0.25, 0.3) is 5.91 Å². The van der Waals surface area contributed by atoms with Gasteiger partial charge in [-0.05, 0) is 68.3 Å². The van der Waals surface area contributed by atoms with E-state index in [1.807, 2.05) is 38.1 Å². The molecule has 0 bridgehead atoms. The summed E-state index contributed by atoms with van der Waals surface area (Å²) < 4.78 is 11.3. The molecule has 0 fully saturated rings. The highest BCUT2D eigenvalue weighted by Crippen LogP contribution is 2.27. The Morgan fingerprint density at radius 3 is 2.56 bits per heavy atom. The Kier molecular flexibility index (Phi) is 5.81. The predicted molar refractivity (Wildman–Crippen MR) is 105 cm³/mol. The molecule has 0 aliphatic heterocycles. The summed E-state index contributed by atoms with van der Waals surface area (Å²) >= 11 is 6.21. The number of aryl methyl sites for hydroxylation is 2. The van der Waals surface area contributed by atoms with E-state index >= 15 is 0 Å². The van der Waals surface area contributed by atoms with Crippen molar-refractivity contribution < 1.29 is 13.9 Å². The zero-order chi connectivity index (χ0) is 19.4. The minimum absolute atomic E-state index is 0.213. The third kappa shape index (κ3) is 4.49. The molecule has 1 atom stereocenters. The fourth-order valence-electron chi connectivity index (χ4n) is 2.79. The molecular weight excluding hydrogens is 364 g/mol. The van der Waals surface area contributed by atoms with Crippen LogP contribution in [0, 0.1) is 13.8 Å². The third-order valence-corrected chi connectivity index (χ3v) is 4.75. The number of hydrogen-bond acceptors (Lipinski definition) is 4. The van der Waals surface area contributed by atoms with Crippen molar-refractivity contribution in [3.63, 3.8) is 0 Å². The lowest BCUT2D eigenvalue weighted by Crippen LogP contribution is -2.40. The van der Waals surface area contributed by atoms with E-state index in [4.69, 9.17) is 20.8 Å². The van der Waals surface area contributed by atoms with Crippen LogP contribution < -0.4 is 9.64 Å². The minimum atomic E-state index is -0.707. The largest absolute Gasteiger partial charge is 0.481 e. The van der Waals surface area contributed by atoms with Gasteiger partial charge in [0.1, 0.15) is 17.3 Å². The van der Waals surface area contributed by atoms with Crippen molar-refractivity contribution >= 4 is 23.3 Å². The Morgan fingerprint density at radius 2 is 1.96 bits per heavy atom. The zero-order valence-corrected chi connectivity index (χ0v) is 16.2. The zero-order valence-electron chi connectivity index (χ0n) is 15.5. The molecule has 3 rings (SSSR count). The Bertz CT molecular complexity index is 887. The van der Waals surface area contributed by atoms with Crippen LogP contribution in [0.1, 0.15) is 23.8 Å². The first-order chi connectivity index (χ1) is 13.0. The Hall–Kier alpha value is -2.79. The Balaban J connectivity index is 1.82. The minimum Gasteiger partial charge on any atom is -0.481 e. The highest BCUT2D eigenvalue weighted by atomic mass is 35.5. The summed E-state index contributed by atoms with van der Waals surface area (Å²) in [6.45, 7) is 5.81. The molecule has 140 valence electrons. The van der Waals surface area contributed by atoms with E-state index < -0.39 is 6.10 Å². The van der Waals surface area contributed by atoms with Crippen molar-refractivity contribution in [2.24, 2.45) is 0 Å². The molecule has 0 saturated carbocycles. The van der Waals surface area contributed by atoms with Crippen molar-refractivity contribution in [3.05, 3.63) is 76.8 Å². The smallest absolute Gasteiger partial charge is 0.269 e. The first-order valence-corrected chi connectivity index (χ1v) is 9.01. The molecule has 0 unspecified atom stereocenters. The van der Waals surface area contributed by atoms with E-state index in [0.717, 1.165) is 11.1 Å². The van der Waals surface area contributed by atoms with E-state index in [-0.39, 0.29) is 12.5 Å². The number of carbonyl (C=O) groups is 1. The van der Waals surface area contributed by atoms with Crippen LogP contribution >= 0.6 is 11.6 Å². The number of anilines is 1. The van der Waals surface area contributed by atoms with Gasteiger partial charge in [-0.2, -0.15) is 0 Å². The maximum atomic E-state index is 13.1. The lowest BCUT2D eigenvalue weighted by molar-refractivity contribution is -0.124. The van der Waals surface area contributed by atoms with E-state index in [9.17, 15) is 4.79 Å². The van der Waals surface area contributed by atoms with Gasteiger partial charge in [0.2, 0.25) is 0 Å². The second-order valence-electron chi connectivity index (χ2n) is 6.32. The number of ether oxygens (including phenoxy) is 1. The maximum Gasteiger partial charge on any atom is 0.269 e. The summed E-state index contributed by atoms with van der Waals surface area (Å²) in [7, 11) is 0. The molecular formula is C21H21ClN2O3. The lowest BCUT2D eigenvalue weighted by atomic mass is 10.1. The standard InChI is InChI=1S/C21H21ClN2O3/c1-14-11-18(12-15(2)20(14)22)27-16(3)21(25)24(13-17-7-6-10-26-17)19-8-4-5-9-23-19/h4-12,16H,13H2,1-3H3/t16-/m1/s1. The number of aromatic nitrogens is 1. The number of benzene rings is 1. The van der Waals surface area contributed by atoms with Gasteiger partial charge in [-0.1, -0.05) is 17.7 Å². The number of pyridine rings is 1. The van der Waals surface area contributed by atoms with Gasteiger partial charge < -0.3 is 9.15 Å². The summed E-state index contributed by atoms with van der Waals surface area (Å²) in [5.41, 5.74) is 1.81. The second kappa shape index (κ2) is 8.27. The van der Waals surface area contributed by atoms with Gasteiger partial charge in [-0.15, -0.1) is 0 Å². The highest BCUT2D eigenvalue weighted by molar-refractivity contribution is 6.32. The SMILES string of the molecule is Cc1cc(O[C@H](C)C(=O)N(Cc2ccco2)c2ccccn2)cc(C)c1Cl. The lowest BCUT2D eigenvalue weighted by Gasteiger charge is -2.25. The van der Waals surface area contributed by atoms with E-state index in [0.29, 0.717) is 22.4 Å². The molecule has 0 spiro atoms. The van der Waals surface area contributed by atoms with E-state index in [1.54, 1.807) is 42.5 Å². The summed E-state index contributed by atoms with van der Waals surface area (Å²) in [5.74, 6) is 1.60. The van der Waals surface area contributed by atoms with Crippen molar-refractivity contribution in [1.82, 2.24) is 4.98 Å². The van der Waals surface area contributed by atoms with Crippen LogP contribution in [0.4, 0.5) is 5.82 Å². The first kappa shape index (κ1) is 19.0. The van der Waals surface area contributed by atoms with Gasteiger partial charge in [-0.25, -0.2) is 4.98 Å². The summed E-state index contributed by atoms with van der Waals surface area (Å²) in [6, 6.07) is 12.7. The van der Waals surface area contributed by atoms with Crippen LogP contribution in [0.2, 0.25) is 5.02 Å². The van der Waals surface area contributed by atoms with Gasteiger partial charge in [-0.3, -0.25) is 9.69 Å². The normalized spacial score (nSPS) is 11.9. The number of rotatable bonds is 6. The molecule has 0 aliphatic carbocycles. The second-order valence-corrected chi connectivity index (χ2v) is 6.70. The molecule has 0 saturated heterocycles. The molecule has 0 radical (unpaired) electrons. The van der Waals surface area contributed by atoms with Gasteiger partial charge in [0.15, 0.2) is 6.10 Å². The average Bonchev–Trinajstić information content (AvgIpc) is 3.17. The topological polar surface area (TPSA) is 55.6 Å². The predicted octanol–water partition coefficient (Wildman–Crippen LogP) is 4.95. The highest BCUT2D eigenvalue weighted by Gasteiger charge is 2.25. The van der Waals surface area contributed by atoms with E-state index in [1.165, 1.54) is 0 Å². The molecule has 3 aromatic rings. The number of halogens is 1. The van der Waals surface area contributed by atoms with Crippen molar-refractivity contribution in [1.29, 1.82) is 0 Å². The summed E-state index contributed by atoms with van der Waals surface area (Å²) in [5, 5.41) is 0.703. The van der Waals surface area contributed by atoms with Gasteiger partial charge >= 0.3 is 0 Å². The molecule has 0 N–H and O–H groups in total. The molecule has 6 heteroatoms. The number of nitrogens with zero attached hydrogens (tertiary/aromatic N) is 2. The molecule has 5 nitrogen and oxygen atoms in total. The number of furan rings is 1. The monoisotopic (exact) mass is 384 g/mol. The van der Waals surface area contributed by atoms with Crippen molar-refractivity contribution in [2.45, 2.75) is 33.4 Å². The molecule has 1 amide bonds. The Labute approximate surface area is 163 Å². The molecule has 2 aromatic heterocycles. The van der Waals surface area contributed by atoms with Crippen LogP contribution in [0.5, 0.6) is 5.75 Å². The number of amides is 1. The Morgan fingerprint density at radius 1 is 1.22 bits per heavy atom. The van der Waals surface area contributed by atoms with Crippen LogP contribution in [0.15, 0.2) is 59.3 Å². The molecule has 2 heterocycles. The average molecular weight is 385 g/mol. The quantitative estimate of drug-likeness (QED) is 0.603. The van der Waals surface area contributed by atoms with Crippen molar-refractivity contribution in [3.8, 4) is 5.75 Å². The van der Waals surface area contributed by atoms with Crippen LogP contribution in [0.25, 0.3) is 0 Å². The maximum absolute atomic E-state index is 13.1. The number of hydrogen-bond donors (Lipinski definition) is 0. The summed E-state index contributed by atoms with van der Waals surface area (Å²) in [6.07, 6.45) is 2.52. The number of carbonyl (C=O) groups excluding carboxylic acids is 1. The van der Waals surface area contributed by atoms with Gasteiger partial charge in [0, 0.05) is 11.2 Å². The molecule has 1 aromatic carbocycles. The molecule has 27 heavy (non-hydrogen) atoms. The van der Waals surface area contributed by atoms with E-state index in [2.05, 4.69) is 4.98 Å².